The number of hydrogen-bond donors (Lipinski definition) is 0. The molecule has 0 aromatic rings. The molecule has 2 atom stereocenters. The maximum absolute atomic E-state index is 11.0. The van der Waals surface area contributed by atoms with Crippen molar-refractivity contribution in [3.63, 3.8) is 0 Å². The summed E-state index contributed by atoms with van der Waals surface area (Å²) in [5.41, 5.74) is 0.660. The Labute approximate surface area is 66.2 Å². The van der Waals surface area contributed by atoms with Crippen molar-refractivity contribution in [2.45, 2.75) is 31.8 Å². The first-order valence-electron chi connectivity index (χ1n) is 4.16. The number of carbonyl (C=O) groups excluding carboxylic acids is 1. The van der Waals surface area contributed by atoms with Gasteiger partial charge in [0.05, 0.1) is 0 Å². The van der Waals surface area contributed by atoms with Crippen molar-refractivity contribution in [3.05, 3.63) is 12.2 Å². The molecular weight excluding hydrogens is 140 g/mol. The molecule has 0 bridgehead atoms. The molecule has 2 heteroatoms. The first-order valence-corrected chi connectivity index (χ1v) is 4.16. The molecule has 11 heavy (non-hydrogen) atoms. The molecular formula is C9H12O2. The van der Waals surface area contributed by atoms with E-state index >= 15 is 0 Å². The fourth-order valence-corrected chi connectivity index (χ4v) is 2.01. The van der Waals surface area contributed by atoms with Crippen molar-refractivity contribution in [2.75, 3.05) is 0 Å². The van der Waals surface area contributed by atoms with E-state index in [0.717, 1.165) is 12.8 Å². The fraction of sp³-hybridized carbons (Fsp3) is 0.667. The average molecular weight is 152 g/mol. The number of esters is 1. The Kier molecular flexibility index (Phi) is 1.48. The highest BCUT2D eigenvalue weighted by Crippen LogP contribution is 2.36. The Bertz CT molecular complexity index is 186. The second kappa shape index (κ2) is 2.36. The smallest absolute Gasteiger partial charge is 0.333 e. The van der Waals surface area contributed by atoms with Crippen LogP contribution in [0.3, 0.4) is 0 Å². The molecule has 0 amide bonds. The summed E-state index contributed by atoms with van der Waals surface area (Å²) in [5.74, 6) is 0.411. The van der Waals surface area contributed by atoms with Crippen LogP contribution in [0.4, 0.5) is 0 Å². The van der Waals surface area contributed by atoms with Crippen LogP contribution in [0, 0.1) is 5.92 Å². The number of fused-ring (bicyclic) bond motifs is 1. The van der Waals surface area contributed by atoms with E-state index in [2.05, 4.69) is 6.58 Å². The highest BCUT2D eigenvalue weighted by molar-refractivity contribution is 5.88. The van der Waals surface area contributed by atoms with E-state index in [4.69, 9.17) is 4.74 Å². The van der Waals surface area contributed by atoms with Crippen LogP contribution in [0.5, 0.6) is 0 Å². The van der Waals surface area contributed by atoms with Crippen LogP contribution in [0.1, 0.15) is 25.7 Å². The van der Waals surface area contributed by atoms with Crippen LogP contribution < -0.4 is 0 Å². The van der Waals surface area contributed by atoms with Gasteiger partial charge in [0, 0.05) is 11.5 Å². The van der Waals surface area contributed by atoms with Gasteiger partial charge >= 0.3 is 5.97 Å². The third kappa shape index (κ3) is 1.06. The zero-order valence-corrected chi connectivity index (χ0v) is 6.51. The lowest BCUT2D eigenvalue weighted by atomic mass is 9.94. The first kappa shape index (κ1) is 6.89. The lowest BCUT2D eigenvalue weighted by Gasteiger charge is -2.26. The van der Waals surface area contributed by atoms with Crippen LogP contribution in [-0.2, 0) is 9.53 Å². The molecule has 0 spiro atoms. The zero-order valence-electron chi connectivity index (χ0n) is 6.51. The number of carbonyl (C=O) groups is 1. The molecule has 2 fully saturated rings. The van der Waals surface area contributed by atoms with Crippen LogP contribution in [0.25, 0.3) is 0 Å². The molecule has 1 saturated heterocycles. The molecule has 0 N–H and O–H groups in total. The molecule has 60 valence electrons. The van der Waals surface area contributed by atoms with Gasteiger partial charge in [-0.2, -0.15) is 0 Å². The predicted octanol–water partition coefficient (Wildman–Crippen LogP) is 1.66. The topological polar surface area (TPSA) is 26.3 Å². The van der Waals surface area contributed by atoms with E-state index < -0.39 is 0 Å². The minimum absolute atomic E-state index is 0.173. The molecule has 0 unspecified atom stereocenters. The maximum Gasteiger partial charge on any atom is 0.333 e. The van der Waals surface area contributed by atoms with Gasteiger partial charge in [-0.3, -0.25) is 0 Å². The van der Waals surface area contributed by atoms with Gasteiger partial charge in [0.15, 0.2) is 0 Å². The van der Waals surface area contributed by atoms with Crippen molar-refractivity contribution in [1.29, 1.82) is 0 Å². The number of hydrogen-bond acceptors (Lipinski definition) is 2. The van der Waals surface area contributed by atoms with Gasteiger partial charge < -0.3 is 4.74 Å². The van der Waals surface area contributed by atoms with Crippen LogP contribution >= 0.6 is 0 Å². The highest BCUT2D eigenvalue weighted by Gasteiger charge is 2.36. The quantitative estimate of drug-likeness (QED) is 0.390. The standard InChI is InChI=1S/C9H12O2/c1-6-5-7-3-2-4-8(7)11-9(6)10/h7-8H,1-5H2/t7-,8+/m1/s1. The first-order chi connectivity index (χ1) is 5.27. The highest BCUT2D eigenvalue weighted by atomic mass is 16.5. The fourth-order valence-electron chi connectivity index (χ4n) is 2.01. The zero-order chi connectivity index (χ0) is 7.84. The molecule has 2 rings (SSSR count). The third-order valence-electron chi connectivity index (χ3n) is 2.65. The molecule has 2 nitrogen and oxygen atoms in total. The summed E-state index contributed by atoms with van der Waals surface area (Å²) in [5, 5.41) is 0. The number of ether oxygens (including phenoxy) is 1. The summed E-state index contributed by atoms with van der Waals surface area (Å²) >= 11 is 0. The summed E-state index contributed by atoms with van der Waals surface area (Å²) in [6.45, 7) is 3.68. The normalized spacial score (nSPS) is 36.7. The van der Waals surface area contributed by atoms with E-state index in [1.807, 2.05) is 0 Å². The van der Waals surface area contributed by atoms with Crippen molar-refractivity contribution >= 4 is 5.97 Å². The Hall–Kier alpha value is -0.790. The number of rotatable bonds is 0. The molecule has 0 aromatic heterocycles. The van der Waals surface area contributed by atoms with Gasteiger partial charge in [0.25, 0.3) is 0 Å². The Morgan fingerprint density at radius 1 is 1.45 bits per heavy atom. The molecule has 2 aliphatic rings. The van der Waals surface area contributed by atoms with Crippen LogP contribution in [-0.4, -0.2) is 12.1 Å². The lowest BCUT2D eigenvalue weighted by Crippen LogP contribution is -2.29. The summed E-state index contributed by atoms with van der Waals surface area (Å²) in [7, 11) is 0. The Morgan fingerprint density at radius 3 is 3.09 bits per heavy atom. The second-order valence-electron chi connectivity index (χ2n) is 3.44. The summed E-state index contributed by atoms with van der Waals surface area (Å²) in [6, 6.07) is 0. The van der Waals surface area contributed by atoms with Gasteiger partial charge in [-0.15, -0.1) is 0 Å². The van der Waals surface area contributed by atoms with Gasteiger partial charge in [0.2, 0.25) is 0 Å². The third-order valence-corrected chi connectivity index (χ3v) is 2.65. The van der Waals surface area contributed by atoms with Crippen molar-refractivity contribution in [1.82, 2.24) is 0 Å². The average Bonchev–Trinajstić information content (AvgIpc) is 2.36. The van der Waals surface area contributed by atoms with Gasteiger partial charge in [-0.25, -0.2) is 4.79 Å². The lowest BCUT2D eigenvalue weighted by molar-refractivity contribution is -0.149. The van der Waals surface area contributed by atoms with Crippen LogP contribution in [0.2, 0.25) is 0 Å². The van der Waals surface area contributed by atoms with Gasteiger partial charge in [-0.05, 0) is 25.7 Å². The van der Waals surface area contributed by atoms with E-state index in [-0.39, 0.29) is 12.1 Å². The molecule has 1 aliphatic carbocycles. The van der Waals surface area contributed by atoms with Crippen molar-refractivity contribution in [2.24, 2.45) is 5.92 Å². The molecule has 1 heterocycles. The molecule has 1 aliphatic heterocycles. The molecule has 0 aromatic carbocycles. The monoisotopic (exact) mass is 152 g/mol. The largest absolute Gasteiger partial charge is 0.459 e. The minimum atomic E-state index is -0.173. The van der Waals surface area contributed by atoms with E-state index in [1.54, 1.807) is 0 Å². The van der Waals surface area contributed by atoms with E-state index in [9.17, 15) is 4.79 Å². The Morgan fingerprint density at radius 2 is 2.27 bits per heavy atom. The van der Waals surface area contributed by atoms with Gasteiger partial charge in [-0.1, -0.05) is 6.58 Å². The summed E-state index contributed by atoms with van der Waals surface area (Å²) in [4.78, 5) is 11.0. The van der Waals surface area contributed by atoms with E-state index in [0.29, 0.717) is 11.5 Å². The Balaban J connectivity index is 2.12. The maximum atomic E-state index is 11.0. The predicted molar refractivity (Wildman–Crippen MR) is 41.0 cm³/mol. The second-order valence-corrected chi connectivity index (χ2v) is 3.44. The summed E-state index contributed by atoms with van der Waals surface area (Å²) < 4.78 is 5.18. The van der Waals surface area contributed by atoms with Crippen LogP contribution in [0.15, 0.2) is 12.2 Å². The minimum Gasteiger partial charge on any atom is -0.459 e. The van der Waals surface area contributed by atoms with Crippen molar-refractivity contribution in [3.8, 4) is 0 Å². The molecule has 0 radical (unpaired) electrons. The molecule has 1 saturated carbocycles. The summed E-state index contributed by atoms with van der Waals surface area (Å²) in [6.07, 6.45) is 4.55. The SMILES string of the molecule is C=C1C[C@H]2CCC[C@@H]2OC1=O. The van der Waals surface area contributed by atoms with E-state index in [1.165, 1.54) is 12.8 Å². The van der Waals surface area contributed by atoms with Gasteiger partial charge in [0.1, 0.15) is 6.10 Å². The van der Waals surface area contributed by atoms with Crippen molar-refractivity contribution < 1.29 is 9.53 Å².